The summed E-state index contributed by atoms with van der Waals surface area (Å²) in [6.07, 6.45) is 0. The Morgan fingerprint density at radius 2 is 1.05 bits per heavy atom. The van der Waals surface area contributed by atoms with E-state index >= 15 is 0 Å². The highest BCUT2D eigenvalue weighted by Gasteiger charge is 2.16. The lowest BCUT2D eigenvalue weighted by Gasteiger charge is -2.09. The van der Waals surface area contributed by atoms with Gasteiger partial charge in [0, 0.05) is 38.4 Å². The molecule has 0 N–H and O–H groups in total. The van der Waals surface area contributed by atoms with Crippen molar-refractivity contribution in [2.45, 2.75) is 0 Å². The Balaban J connectivity index is 1.22. The number of fused-ring (bicyclic) bond motifs is 6. The van der Waals surface area contributed by atoms with Gasteiger partial charge >= 0.3 is 0 Å². The van der Waals surface area contributed by atoms with Crippen LogP contribution >= 0.6 is 11.3 Å². The molecule has 3 aromatic heterocycles. The number of rotatable bonds is 4. The molecule has 0 unspecified atom stereocenters. The highest BCUT2D eigenvalue weighted by atomic mass is 32.1. The van der Waals surface area contributed by atoms with Gasteiger partial charge < -0.3 is 4.42 Å². The molecule has 0 aliphatic rings. The topological polar surface area (TPSA) is 64.7 Å². The first-order valence-electron chi connectivity index (χ1n) is 14.4. The second-order valence-electron chi connectivity index (χ2n) is 10.7. The Bertz CT molecular complexity index is 2500. The lowest BCUT2D eigenvalue weighted by Crippen LogP contribution is -2.00. The van der Waals surface area contributed by atoms with E-state index in [0.29, 0.717) is 17.5 Å². The average molecular weight is 583 g/mol. The third-order valence-electron chi connectivity index (χ3n) is 7.96. The maximum Gasteiger partial charge on any atom is 0.164 e. The summed E-state index contributed by atoms with van der Waals surface area (Å²) in [5.74, 6) is 1.83. The van der Waals surface area contributed by atoms with Gasteiger partial charge in [-0.05, 0) is 35.7 Å². The Hall–Kier alpha value is -5.72. The van der Waals surface area contributed by atoms with E-state index < -0.39 is 0 Å². The van der Waals surface area contributed by atoms with Gasteiger partial charge in [0.05, 0.1) is 10.2 Å². The normalized spacial score (nSPS) is 11.6. The summed E-state index contributed by atoms with van der Waals surface area (Å²) in [4.78, 5) is 19.9. The van der Waals surface area contributed by atoms with Crippen molar-refractivity contribution in [2.24, 2.45) is 0 Å². The molecule has 6 aromatic carbocycles. The maximum absolute atomic E-state index is 6.19. The van der Waals surface area contributed by atoms with Crippen molar-refractivity contribution < 1.29 is 4.42 Å². The molecule has 3 heterocycles. The summed E-state index contributed by atoms with van der Waals surface area (Å²) in [6.45, 7) is 0. The van der Waals surface area contributed by atoms with Crippen LogP contribution in [-0.4, -0.2) is 19.9 Å². The summed E-state index contributed by atoms with van der Waals surface area (Å²) < 4.78 is 7.34. The van der Waals surface area contributed by atoms with Crippen molar-refractivity contribution in [3.05, 3.63) is 133 Å². The van der Waals surface area contributed by atoms with Crippen LogP contribution in [0, 0.1) is 0 Å². The number of nitrogens with zero attached hydrogens (tertiary/aromatic N) is 4. The highest BCUT2D eigenvalue weighted by molar-refractivity contribution is 7.22. The van der Waals surface area contributed by atoms with Gasteiger partial charge in [-0.15, -0.1) is 11.3 Å². The Kier molecular flexibility index (Phi) is 5.61. The minimum atomic E-state index is 0.596. The molecule has 0 aliphatic carbocycles. The standard InChI is InChI=1S/C38H22N4OS/c1-3-9-24(10-4-1)35-40-36(42-37(41-35)27-17-19-29-28-13-7-8-14-32(28)43-33(29)22-27)26-16-15-23-18-20-31-34(30(23)21-26)44-38(39-31)25-11-5-2-6-12-25/h1-22H. The minimum Gasteiger partial charge on any atom is -0.456 e. The molecule has 0 bridgehead atoms. The molecular formula is C38H22N4OS. The molecule has 0 atom stereocenters. The van der Waals surface area contributed by atoms with E-state index in [2.05, 4.69) is 60.7 Å². The van der Waals surface area contributed by atoms with Crippen LogP contribution in [0.5, 0.6) is 0 Å². The van der Waals surface area contributed by atoms with Crippen LogP contribution in [0.3, 0.4) is 0 Å². The first-order chi connectivity index (χ1) is 21.8. The number of furan rings is 1. The van der Waals surface area contributed by atoms with Crippen LogP contribution < -0.4 is 0 Å². The molecule has 0 saturated carbocycles. The van der Waals surface area contributed by atoms with E-state index in [4.69, 9.17) is 24.4 Å². The molecule has 9 rings (SSSR count). The van der Waals surface area contributed by atoms with Crippen LogP contribution in [0.15, 0.2) is 138 Å². The lowest BCUT2D eigenvalue weighted by molar-refractivity contribution is 0.669. The molecule has 0 amide bonds. The van der Waals surface area contributed by atoms with Crippen molar-refractivity contribution in [1.82, 2.24) is 19.9 Å². The second kappa shape index (κ2) is 9.93. The zero-order valence-corrected chi connectivity index (χ0v) is 24.1. The van der Waals surface area contributed by atoms with Crippen molar-refractivity contribution in [3.63, 3.8) is 0 Å². The second-order valence-corrected chi connectivity index (χ2v) is 11.7. The van der Waals surface area contributed by atoms with Crippen molar-refractivity contribution >= 4 is 54.3 Å². The molecule has 0 spiro atoms. The summed E-state index contributed by atoms with van der Waals surface area (Å²) in [5, 5.41) is 5.45. The molecule has 5 nitrogen and oxygen atoms in total. The van der Waals surface area contributed by atoms with Crippen LogP contribution in [0.2, 0.25) is 0 Å². The number of aromatic nitrogens is 4. The Morgan fingerprint density at radius 3 is 1.84 bits per heavy atom. The fraction of sp³-hybridized carbons (Fsp3) is 0. The van der Waals surface area contributed by atoms with Crippen molar-refractivity contribution in [1.29, 1.82) is 0 Å². The quantitative estimate of drug-likeness (QED) is 0.207. The van der Waals surface area contributed by atoms with E-state index in [-0.39, 0.29) is 0 Å². The fourth-order valence-electron chi connectivity index (χ4n) is 5.76. The Labute approximate surface area is 256 Å². The van der Waals surface area contributed by atoms with Gasteiger partial charge in [-0.1, -0.05) is 103 Å². The van der Waals surface area contributed by atoms with Crippen molar-refractivity contribution in [2.75, 3.05) is 0 Å². The first-order valence-corrected chi connectivity index (χ1v) is 15.2. The molecule has 0 aliphatic heterocycles. The summed E-state index contributed by atoms with van der Waals surface area (Å²) in [7, 11) is 0. The summed E-state index contributed by atoms with van der Waals surface area (Å²) in [5.41, 5.74) is 6.50. The zero-order chi connectivity index (χ0) is 29.0. The van der Waals surface area contributed by atoms with E-state index in [1.54, 1.807) is 11.3 Å². The van der Waals surface area contributed by atoms with E-state index in [1.165, 1.54) is 0 Å². The SMILES string of the molecule is c1ccc(-c2nc(-c3ccc4c(c3)oc3ccccc34)nc(-c3ccc4ccc5nc(-c6ccccc6)sc5c4c3)n2)cc1. The molecule has 0 fully saturated rings. The molecule has 44 heavy (non-hydrogen) atoms. The number of para-hydroxylation sites is 1. The monoisotopic (exact) mass is 582 g/mol. The third kappa shape index (κ3) is 4.15. The predicted octanol–water partition coefficient (Wildman–Crippen LogP) is 10.2. The van der Waals surface area contributed by atoms with Gasteiger partial charge in [-0.3, -0.25) is 0 Å². The van der Waals surface area contributed by atoms with E-state index in [0.717, 1.165) is 70.2 Å². The first kappa shape index (κ1) is 24.8. The number of thiazole rings is 1. The van der Waals surface area contributed by atoms with Gasteiger partial charge in [0.1, 0.15) is 16.2 Å². The predicted molar refractivity (Wildman–Crippen MR) is 180 cm³/mol. The minimum absolute atomic E-state index is 0.596. The summed E-state index contributed by atoms with van der Waals surface area (Å²) in [6, 6.07) is 45.3. The van der Waals surface area contributed by atoms with Gasteiger partial charge in [-0.25, -0.2) is 19.9 Å². The fourth-order valence-corrected chi connectivity index (χ4v) is 6.86. The maximum atomic E-state index is 6.19. The van der Waals surface area contributed by atoms with Crippen LogP contribution in [-0.2, 0) is 0 Å². The van der Waals surface area contributed by atoms with Crippen LogP contribution in [0.25, 0.3) is 87.7 Å². The molecule has 6 heteroatoms. The average Bonchev–Trinajstić information content (AvgIpc) is 3.70. The zero-order valence-electron chi connectivity index (χ0n) is 23.3. The van der Waals surface area contributed by atoms with Gasteiger partial charge in [0.15, 0.2) is 17.5 Å². The molecular weight excluding hydrogens is 561 g/mol. The number of benzene rings is 6. The Morgan fingerprint density at radius 1 is 0.432 bits per heavy atom. The number of hydrogen-bond donors (Lipinski definition) is 0. The van der Waals surface area contributed by atoms with E-state index in [1.807, 2.05) is 72.8 Å². The molecule has 0 radical (unpaired) electrons. The molecule has 0 saturated heterocycles. The molecule has 206 valence electrons. The van der Waals surface area contributed by atoms with Crippen LogP contribution in [0.4, 0.5) is 0 Å². The van der Waals surface area contributed by atoms with Gasteiger partial charge in [0.2, 0.25) is 0 Å². The van der Waals surface area contributed by atoms with Crippen LogP contribution in [0.1, 0.15) is 0 Å². The largest absolute Gasteiger partial charge is 0.456 e. The van der Waals surface area contributed by atoms with E-state index in [9.17, 15) is 0 Å². The number of hydrogen-bond acceptors (Lipinski definition) is 6. The lowest BCUT2D eigenvalue weighted by atomic mass is 10.1. The highest BCUT2D eigenvalue weighted by Crippen LogP contribution is 2.37. The molecule has 9 aromatic rings. The van der Waals surface area contributed by atoms with Crippen molar-refractivity contribution in [3.8, 4) is 44.7 Å². The van der Waals surface area contributed by atoms with Gasteiger partial charge in [0.25, 0.3) is 0 Å². The van der Waals surface area contributed by atoms with Gasteiger partial charge in [-0.2, -0.15) is 0 Å². The third-order valence-corrected chi connectivity index (χ3v) is 9.11. The summed E-state index contributed by atoms with van der Waals surface area (Å²) >= 11 is 1.71. The smallest absolute Gasteiger partial charge is 0.164 e.